The smallest absolute Gasteiger partial charge is 0.335 e. The minimum Gasteiger partial charge on any atom is -0.490 e. The topological polar surface area (TPSA) is 66.8 Å². The molecule has 0 aliphatic heterocycles. The van der Waals surface area contributed by atoms with E-state index < -0.39 is 11.6 Å². The Balaban J connectivity index is 1.98. The van der Waals surface area contributed by atoms with Crippen LogP contribution < -0.4 is 4.74 Å². The lowest BCUT2D eigenvalue weighted by Gasteiger charge is -2.32. The molecular weight excluding hydrogens is 420 g/mol. The number of rotatable bonds is 10. The van der Waals surface area contributed by atoms with Crippen molar-refractivity contribution in [1.29, 1.82) is 0 Å². The lowest BCUT2D eigenvalue weighted by atomic mass is 9.74. The molecule has 0 bridgehead atoms. The summed E-state index contributed by atoms with van der Waals surface area (Å²) in [6.45, 7) is 10.7. The highest BCUT2D eigenvalue weighted by molar-refractivity contribution is 7.19. The van der Waals surface area contributed by atoms with Gasteiger partial charge in [0.1, 0.15) is 12.4 Å². The molecule has 0 fully saturated rings. The number of fused-ring (bicyclic) bond motifs is 1. The Morgan fingerprint density at radius 1 is 0.969 bits per heavy atom. The summed E-state index contributed by atoms with van der Waals surface area (Å²) in [7, 11) is 0. The predicted molar refractivity (Wildman–Crippen MR) is 132 cm³/mol. The van der Waals surface area contributed by atoms with Crippen LogP contribution in [0.4, 0.5) is 0 Å². The Morgan fingerprint density at radius 3 is 2.22 bits per heavy atom. The van der Waals surface area contributed by atoms with Crippen molar-refractivity contribution in [1.82, 2.24) is 0 Å². The van der Waals surface area contributed by atoms with Gasteiger partial charge in [0.05, 0.1) is 11.2 Å². The largest absolute Gasteiger partial charge is 0.490 e. The zero-order valence-corrected chi connectivity index (χ0v) is 20.5. The van der Waals surface area contributed by atoms with Gasteiger partial charge in [-0.05, 0) is 73.4 Å². The fourth-order valence-corrected chi connectivity index (χ4v) is 5.78. The Hall–Kier alpha value is -2.37. The Labute approximate surface area is 194 Å². The van der Waals surface area contributed by atoms with Crippen molar-refractivity contribution in [2.45, 2.75) is 71.3 Å². The third-order valence-corrected chi connectivity index (χ3v) is 8.29. The summed E-state index contributed by atoms with van der Waals surface area (Å²) in [4.78, 5) is 12.6. The van der Waals surface area contributed by atoms with Gasteiger partial charge in [0, 0.05) is 15.0 Å². The molecule has 0 spiro atoms. The van der Waals surface area contributed by atoms with Gasteiger partial charge in [-0.25, -0.2) is 4.79 Å². The van der Waals surface area contributed by atoms with Crippen LogP contribution in [0.15, 0.2) is 42.5 Å². The van der Waals surface area contributed by atoms with E-state index in [1.165, 1.54) is 10.4 Å². The molecule has 0 aliphatic rings. The average molecular weight is 455 g/mol. The van der Waals surface area contributed by atoms with Crippen molar-refractivity contribution >= 4 is 27.4 Å². The van der Waals surface area contributed by atoms with Gasteiger partial charge in [0.25, 0.3) is 0 Å². The van der Waals surface area contributed by atoms with E-state index in [1.807, 2.05) is 26.0 Å². The molecule has 0 saturated carbocycles. The van der Waals surface area contributed by atoms with E-state index in [9.17, 15) is 15.0 Å². The molecule has 0 unspecified atom stereocenters. The van der Waals surface area contributed by atoms with E-state index in [0.29, 0.717) is 18.4 Å². The Morgan fingerprint density at radius 2 is 1.66 bits per heavy atom. The van der Waals surface area contributed by atoms with E-state index in [4.69, 9.17) is 4.74 Å². The fraction of sp³-hybridized carbons (Fsp3) is 0.444. The lowest BCUT2D eigenvalue weighted by Crippen LogP contribution is -2.34. The first-order valence-corrected chi connectivity index (χ1v) is 12.3. The molecule has 0 aliphatic carbocycles. The molecular formula is C27H34O4S. The maximum absolute atomic E-state index is 11.4. The average Bonchev–Trinajstić information content (AvgIpc) is 3.23. The Kier molecular flexibility index (Phi) is 7.31. The van der Waals surface area contributed by atoms with Crippen molar-refractivity contribution in [2.75, 3.05) is 6.61 Å². The summed E-state index contributed by atoms with van der Waals surface area (Å²) in [5.41, 5.74) is 1.66. The normalized spacial score (nSPS) is 12.3. The molecule has 4 nitrogen and oxygen atoms in total. The minimum absolute atomic E-state index is 0.149. The standard InChI is InChI=1S/C27H34O4S/c1-6-26(30,7-2)17-31-22-13-12-21(14-18(22)5)27(8-3,9-4)24-16-19-10-11-20(25(28)29)15-23(19)32-24/h10-16,30H,6-9,17H2,1-5H3,(H,28,29). The molecule has 1 aromatic heterocycles. The van der Waals surface area contributed by atoms with Gasteiger partial charge < -0.3 is 14.9 Å². The van der Waals surface area contributed by atoms with Crippen LogP contribution in [0.1, 0.15) is 79.7 Å². The molecule has 3 rings (SSSR count). The Bertz CT molecular complexity index is 1090. The molecule has 5 heteroatoms. The van der Waals surface area contributed by atoms with Crippen molar-refractivity contribution < 1.29 is 19.7 Å². The molecule has 2 N–H and O–H groups in total. The second-order valence-electron chi connectivity index (χ2n) is 8.66. The molecule has 0 atom stereocenters. The fourth-order valence-electron chi connectivity index (χ4n) is 4.32. The highest BCUT2D eigenvalue weighted by atomic mass is 32.1. The monoisotopic (exact) mass is 454 g/mol. The summed E-state index contributed by atoms with van der Waals surface area (Å²) in [6.07, 6.45) is 3.19. The summed E-state index contributed by atoms with van der Waals surface area (Å²) in [5, 5.41) is 21.0. The molecule has 3 aromatic rings. The number of benzene rings is 2. The van der Waals surface area contributed by atoms with Crippen molar-refractivity contribution in [3.05, 3.63) is 64.0 Å². The number of ether oxygens (including phenoxy) is 1. The SMILES string of the molecule is CCC(O)(CC)COc1ccc(C(CC)(CC)c2cc3ccc(C(=O)O)cc3s2)cc1C. The van der Waals surface area contributed by atoms with Crippen LogP contribution in [0.3, 0.4) is 0 Å². The van der Waals surface area contributed by atoms with Gasteiger partial charge in [-0.1, -0.05) is 45.9 Å². The van der Waals surface area contributed by atoms with E-state index in [-0.39, 0.29) is 12.0 Å². The van der Waals surface area contributed by atoms with Gasteiger partial charge >= 0.3 is 5.97 Å². The minimum atomic E-state index is -0.900. The second-order valence-corrected chi connectivity index (χ2v) is 9.74. The number of carbonyl (C=O) groups is 1. The summed E-state index contributed by atoms with van der Waals surface area (Å²) < 4.78 is 7.01. The van der Waals surface area contributed by atoms with Crippen molar-refractivity contribution in [3.8, 4) is 5.75 Å². The first-order chi connectivity index (χ1) is 15.2. The predicted octanol–water partition coefficient (Wildman–Crippen LogP) is 6.94. The summed E-state index contributed by atoms with van der Waals surface area (Å²) in [5.74, 6) is -0.0963. The number of aliphatic hydroxyl groups is 1. The lowest BCUT2D eigenvalue weighted by molar-refractivity contribution is -0.0115. The third-order valence-electron chi connectivity index (χ3n) is 6.99. The maximum Gasteiger partial charge on any atom is 0.335 e. The van der Waals surface area contributed by atoms with Crippen LogP contribution in [0, 0.1) is 6.92 Å². The van der Waals surface area contributed by atoms with E-state index in [0.717, 1.165) is 34.2 Å². The van der Waals surface area contributed by atoms with Gasteiger partial charge in [0.2, 0.25) is 0 Å². The molecule has 1 heterocycles. The third kappa shape index (κ3) is 4.55. The molecule has 0 amide bonds. The summed E-state index contributed by atoms with van der Waals surface area (Å²) >= 11 is 1.68. The van der Waals surface area contributed by atoms with E-state index in [2.05, 4.69) is 39.0 Å². The first kappa shape index (κ1) is 24.3. The van der Waals surface area contributed by atoms with E-state index >= 15 is 0 Å². The number of aromatic carboxylic acids is 1. The zero-order chi connectivity index (χ0) is 23.5. The highest BCUT2D eigenvalue weighted by Crippen LogP contribution is 2.45. The number of thiophene rings is 1. The van der Waals surface area contributed by atoms with Crippen LogP contribution in [0.25, 0.3) is 10.1 Å². The first-order valence-electron chi connectivity index (χ1n) is 11.5. The number of hydrogen-bond acceptors (Lipinski definition) is 4. The van der Waals surface area contributed by atoms with Gasteiger partial charge in [-0.15, -0.1) is 11.3 Å². The maximum atomic E-state index is 11.4. The molecule has 0 saturated heterocycles. The van der Waals surface area contributed by atoms with Crippen LogP contribution in [0.2, 0.25) is 0 Å². The van der Waals surface area contributed by atoms with Gasteiger partial charge in [-0.3, -0.25) is 0 Å². The van der Waals surface area contributed by atoms with Crippen molar-refractivity contribution in [2.24, 2.45) is 0 Å². The van der Waals surface area contributed by atoms with Gasteiger partial charge in [0.15, 0.2) is 0 Å². The van der Waals surface area contributed by atoms with Crippen LogP contribution >= 0.6 is 11.3 Å². The molecule has 0 radical (unpaired) electrons. The number of carboxylic acid groups (broad SMARTS) is 1. The number of hydrogen-bond donors (Lipinski definition) is 2. The summed E-state index contributed by atoms with van der Waals surface area (Å²) in [6, 6.07) is 13.9. The molecule has 2 aromatic carbocycles. The molecule has 32 heavy (non-hydrogen) atoms. The molecule has 172 valence electrons. The van der Waals surface area contributed by atoms with Crippen LogP contribution in [-0.4, -0.2) is 28.4 Å². The number of carboxylic acids is 1. The quantitative estimate of drug-likeness (QED) is 0.348. The highest BCUT2D eigenvalue weighted by Gasteiger charge is 2.33. The van der Waals surface area contributed by atoms with Crippen LogP contribution in [0.5, 0.6) is 5.75 Å². The number of aryl methyl sites for hydroxylation is 1. The van der Waals surface area contributed by atoms with Crippen LogP contribution in [-0.2, 0) is 5.41 Å². The van der Waals surface area contributed by atoms with Gasteiger partial charge in [-0.2, -0.15) is 0 Å². The van der Waals surface area contributed by atoms with E-state index in [1.54, 1.807) is 23.5 Å². The van der Waals surface area contributed by atoms with Crippen molar-refractivity contribution in [3.63, 3.8) is 0 Å². The second kappa shape index (κ2) is 9.63. The zero-order valence-electron chi connectivity index (χ0n) is 19.7.